The van der Waals surface area contributed by atoms with E-state index in [1.165, 1.54) is 6.42 Å². The molecule has 4 rings (SSSR count). The highest BCUT2D eigenvalue weighted by atomic mass is 16.2. The number of nitrogens with two attached hydrogens (primary N) is 1. The summed E-state index contributed by atoms with van der Waals surface area (Å²) in [4.78, 5) is 44.0. The second-order valence-corrected chi connectivity index (χ2v) is 9.31. The maximum Gasteiger partial charge on any atom is 0.257 e. The standard InChI is InChI=1S/C27H30N6O3/c1-17-14-21-23(15-22(17)32(2)26(36)20-6-4-3-5-7-20)33(13-12-24(29)34)27(30-21)31-25(35)19-10-8-18(16-28)9-11-19/h8-11,14-15,20H,3-7,12-13H2,1-2H3,(H2,29,34)(H,30,31,35). The Bertz CT molecular complexity index is 1350. The lowest BCUT2D eigenvalue weighted by molar-refractivity contribution is -0.123. The lowest BCUT2D eigenvalue weighted by Gasteiger charge is -2.27. The van der Waals surface area contributed by atoms with Crippen molar-refractivity contribution in [2.24, 2.45) is 11.7 Å². The Balaban J connectivity index is 1.69. The minimum atomic E-state index is -0.474. The Morgan fingerprint density at radius 3 is 2.50 bits per heavy atom. The van der Waals surface area contributed by atoms with E-state index in [4.69, 9.17) is 11.0 Å². The van der Waals surface area contributed by atoms with Gasteiger partial charge < -0.3 is 15.2 Å². The van der Waals surface area contributed by atoms with Gasteiger partial charge in [-0.15, -0.1) is 0 Å². The molecular formula is C27H30N6O3. The molecule has 9 nitrogen and oxygen atoms in total. The predicted octanol–water partition coefficient (Wildman–Crippen LogP) is 3.89. The van der Waals surface area contributed by atoms with Crippen molar-refractivity contribution in [2.45, 2.75) is 52.0 Å². The molecule has 1 aliphatic rings. The Morgan fingerprint density at radius 2 is 1.86 bits per heavy atom. The summed E-state index contributed by atoms with van der Waals surface area (Å²) in [5.41, 5.74) is 9.21. The first kappa shape index (κ1) is 24.9. The molecule has 2 aromatic carbocycles. The summed E-state index contributed by atoms with van der Waals surface area (Å²) < 4.78 is 1.74. The maximum atomic E-state index is 13.2. The third kappa shape index (κ3) is 5.23. The maximum absolute atomic E-state index is 13.2. The van der Waals surface area contributed by atoms with Gasteiger partial charge in [0, 0.05) is 37.2 Å². The van der Waals surface area contributed by atoms with E-state index >= 15 is 0 Å². The molecular weight excluding hydrogens is 456 g/mol. The zero-order chi connectivity index (χ0) is 25.8. The van der Waals surface area contributed by atoms with Crippen molar-refractivity contribution in [2.75, 3.05) is 17.3 Å². The summed E-state index contributed by atoms with van der Waals surface area (Å²) in [5, 5.41) is 11.8. The molecule has 0 radical (unpaired) electrons. The summed E-state index contributed by atoms with van der Waals surface area (Å²) in [6, 6.07) is 12.1. The number of nitrogens with one attached hydrogen (secondary N) is 1. The van der Waals surface area contributed by atoms with Gasteiger partial charge >= 0.3 is 0 Å². The van der Waals surface area contributed by atoms with Crippen LogP contribution >= 0.6 is 0 Å². The molecule has 36 heavy (non-hydrogen) atoms. The number of hydrogen-bond acceptors (Lipinski definition) is 5. The normalized spacial score (nSPS) is 13.8. The number of rotatable bonds is 7. The number of benzene rings is 2. The van der Waals surface area contributed by atoms with Gasteiger partial charge in [0.05, 0.1) is 22.7 Å². The number of aryl methyl sites for hydroxylation is 2. The molecule has 0 aliphatic heterocycles. The number of amides is 3. The van der Waals surface area contributed by atoms with Gasteiger partial charge in [-0.05, 0) is 61.7 Å². The quantitative estimate of drug-likeness (QED) is 0.522. The van der Waals surface area contributed by atoms with Crippen molar-refractivity contribution in [3.8, 4) is 6.07 Å². The fraction of sp³-hybridized carbons (Fsp3) is 0.370. The van der Waals surface area contributed by atoms with Crippen molar-refractivity contribution >= 4 is 40.4 Å². The van der Waals surface area contributed by atoms with Crippen LogP contribution in [-0.2, 0) is 16.1 Å². The minimum Gasteiger partial charge on any atom is -0.370 e. The highest BCUT2D eigenvalue weighted by Gasteiger charge is 2.26. The number of imidazole rings is 1. The van der Waals surface area contributed by atoms with E-state index in [0.717, 1.165) is 36.9 Å². The largest absolute Gasteiger partial charge is 0.370 e. The monoisotopic (exact) mass is 486 g/mol. The lowest BCUT2D eigenvalue weighted by atomic mass is 9.88. The van der Waals surface area contributed by atoms with Crippen LogP contribution in [0.5, 0.6) is 0 Å². The zero-order valence-corrected chi connectivity index (χ0v) is 20.6. The molecule has 186 valence electrons. The number of fused-ring (bicyclic) bond motifs is 1. The molecule has 0 saturated heterocycles. The second kappa shape index (κ2) is 10.6. The Morgan fingerprint density at radius 1 is 1.17 bits per heavy atom. The number of carbonyl (C=O) groups is 3. The van der Waals surface area contributed by atoms with Crippen LogP contribution < -0.4 is 16.0 Å². The van der Waals surface area contributed by atoms with Gasteiger partial charge in [-0.3, -0.25) is 19.7 Å². The van der Waals surface area contributed by atoms with Gasteiger partial charge in [0.2, 0.25) is 17.8 Å². The number of carbonyl (C=O) groups excluding carboxylic acids is 3. The van der Waals surface area contributed by atoms with Gasteiger partial charge in [-0.2, -0.15) is 5.26 Å². The summed E-state index contributed by atoms with van der Waals surface area (Å²) in [6.07, 6.45) is 5.20. The van der Waals surface area contributed by atoms with Crippen molar-refractivity contribution in [3.63, 3.8) is 0 Å². The molecule has 0 bridgehead atoms. The van der Waals surface area contributed by atoms with Gasteiger partial charge in [-0.1, -0.05) is 19.3 Å². The number of primary amides is 1. The number of nitriles is 1. The van der Waals surface area contributed by atoms with Crippen LogP contribution in [0.2, 0.25) is 0 Å². The van der Waals surface area contributed by atoms with Gasteiger partial charge in [0.1, 0.15) is 0 Å². The van der Waals surface area contributed by atoms with Crippen LogP contribution in [0.25, 0.3) is 11.0 Å². The Hall–Kier alpha value is -4.19. The molecule has 0 unspecified atom stereocenters. The summed E-state index contributed by atoms with van der Waals surface area (Å²) in [5.74, 6) is -0.455. The van der Waals surface area contributed by atoms with Crippen molar-refractivity contribution in [3.05, 3.63) is 53.1 Å². The fourth-order valence-corrected chi connectivity index (χ4v) is 4.78. The zero-order valence-electron chi connectivity index (χ0n) is 20.6. The molecule has 1 fully saturated rings. The number of anilines is 2. The Kier molecular flexibility index (Phi) is 7.34. The third-order valence-corrected chi connectivity index (χ3v) is 6.80. The van der Waals surface area contributed by atoms with Gasteiger partial charge in [-0.25, -0.2) is 4.98 Å². The van der Waals surface area contributed by atoms with E-state index in [1.807, 2.05) is 25.1 Å². The molecule has 1 heterocycles. The molecule has 0 spiro atoms. The fourth-order valence-electron chi connectivity index (χ4n) is 4.78. The summed E-state index contributed by atoms with van der Waals surface area (Å²) in [7, 11) is 1.79. The van der Waals surface area contributed by atoms with Crippen LogP contribution in [0.4, 0.5) is 11.6 Å². The van der Waals surface area contributed by atoms with Gasteiger partial charge in [0.15, 0.2) is 0 Å². The number of hydrogen-bond donors (Lipinski definition) is 2. The lowest BCUT2D eigenvalue weighted by Crippen LogP contribution is -2.34. The average molecular weight is 487 g/mol. The highest BCUT2D eigenvalue weighted by Crippen LogP contribution is 2.32. The Labute approximate surface area is 209 Å². The van der Waals surface area contributed by atoms with Crippen LogP contribution in [0.15, 0.2) is 36.4 Å². The van der Waals surface area contributed by atoms with Crippen molar-refractivity contribution in [1.82, 2.24) is 9.55 Å². The molecule has 1 aromatic heterocycles. The van der Waals surface area contributed by atoms with Crippen molar-refractivity contribution < 1.29 is 14.4 Å². The van der Waals surface area contributed by atoms with E-state index in [1.54, 1.807) is 40.8 Å². The summed E-state index contributed by atoms with van der Waals surface area (Å²) >= 11 is 0. The summed E-state index contributed by atoms with van der Waals surface area (Å²) in [6.45, 7) is 2.15. The smallest absolute Gasteiger partial charge is 0.257 e. The van der Waals surface area contributed by atoms with E-state index in [9.17, 15) is 14.4 Å². The molecule has 9 heteroatoms. The molecule has 1 saturated carbocycles. The number of nitrogens with zero attached hydrogens (tertiary/aromatic N) is 4. The third-order valence-electron chi connectivity index (χ3n) is 6.80. The van der Waals surface area contributed by atoms with Crippen LogP contribution in [0.3, 0.4) is 0 Å². The molecule has 3 N–H and O–H groups in total. The van der Waals surface area contributed by atoms with E-state index in [0.29, 0.717) is 22.2 Å². The van der Waals surface area contributed by atoms with E-state index in [-0.39, 0.29) is 30.7 Å². The van der Waals surface area contributed by atoms with Crippen LogP contribution in [0.1, 0.15) is 60.0 Å². The van der Waals surface area contributed by atoms with E-state index < -0.39 is 11.8 Å². The van der Waals surface area contributed by atoms with Crippen LogP contribution in [-0.4, -0.2) is 34.3 Å². The number of aromatic nitrogens is 2. The average Bonchev–Trinajstić information content (AvgIpc) is 3.21. The predicted molar refractivity (Wildman–Crippen MR) is 137 cm³/mol. The van der Waals surface area contributed by atoms with Gasteiger partial charge in [0.25, 0.3) is 5.91 Å². The molecule has 1 aliphatic carbocycles. The van der Waals surface area contributed by atoms with Crippen molar-refractivity contribution in [1.29, 1.82) is 5.26 Å². The molecule has 3 aromatic rings. The second-order valence-electron chi connectivity index (χ2n) is 9.31. The first-order chi connectivity index (χ1) is 17.3. The molecule has 0 atom stereocenters. The highest BCUT2D eigenvalue weighted by molar-refractivity contribution is 6.04. The first-order valence-electron chi connectivity index (χ1n) is 12.2. The van der Waals surface area contributed by atoms with Crippen LogP contribution in [0, 0.1) is 24.2 Å². The first-order valence-corrected chi connectivity index (χ1v) is 12.2. The minimum absolute atomic E-state index is 0.0286. The van der Waals surface area contributed by atoms with E-state index in [2.05, 4.69) is 10.3 Å². The SMILES string of the molecule is Cc1cc2nc(NC(=O)c3ccc(C#N)cc3)n(CCC(N)=O)c2cc1N(C)C(=O)C1CCCCC1. The topological polar surface area (TPSA) is 134 Å². The molecule has 3 amide bonds.